The van der Waals surface area contributed by atoms with Crippen LogP contribution in [-0.4, -0.2) is 23.8 Å². The second kappa shape index (κ2) is 6.89. The van der Waals surface area contributed by atoms with E-state index in [4.69, 9.17) is 5.73 Å². The number of anilines is 1. The normalized spacial score (nSPS) is 18.3. The van der Waals surface area contributed by atoms with Crippen LogP contribution in [-0.2, 0) is 11.3 Å². The Kier molecular flexibility index (Phi) is 4.41. The van der Waals surface area contributed by atoms with Gasteiger partial charge < -0.3 is 21.4 Å². The van der Waals surface area contributed by atoms with E-state index >= 15 is 0 Å². The summed E-state index contributed by atoms with van der Waals surface area (Å²) in [5, 5.41) is 6.48. The van der Waals surface area contributed by atoms with Crippen LogP contribution in [0.3, 0.4) is 0 Å². The van der Waals surface area contributed by atoms with Gasteiger partial charge in [-0.1, -0.05) is 24.3 Å². The van der Waals surface area contributed by atoms with Crippen LogP contribution in [0, 0.1) is 5.92 Å². The van der Waals surface area contributed by atoms with Gasteiger partial charge in [0.2, 0.25) is 5.91 Å². The topological polar surface area (TPSA) is 100 Å². The maximum Gasteiger partial charge on any atom is 0.267 e. The first kappa shape index (κ1) is 17.3. The molecule has 1 fully saturated rings. The molecule has 6 nitrogen and oxygen atoms in total. The number of hydrogen-bond acceptors (Lipinski definition) is 3. The molecule has 1 aromatic heterocycles. The van der Waals surface area contributed by atoms with Gasteiger partial charge in [0.15, 0.2) is 0 Å². The zero-order valence-corrected chi connectivity index (χ0v) is 15.1. The smallest absolute Gasteiger partial charge is 0.267 e. The third-order valence-electron chi connectivity index (χ3n) is 5.10. The number of hydrogen-bond donors (Lipinski definition) is 4. The molecule has 1 aliphatic carbocycles. The Labute approximate surface area is 157 Å². The Morgan fingerprint density at radius 3 is 2.81 bits per heavy atom. The molecule has 1 heterocycles. The number of benzene rings is 2. The van der Waals surface area contributed by atoms with E-state index in [0.29, 0.717) is 12.2 Å². The van der Waals surface area contributed by atoms with Crippen molar-refractivity contribution in [2.75, 3.05) is 12.4 Å². The molecule has 6 heteroatoms. The number of aromatic nitrogens is 1. The van der Waals surface area contributed by atoms with E-state index in [9.17, 15) is 9.59 Å². The van der Waals surface area contributed by atoms with Gasteiger partial charge in [0.25, 0.3) is 5.91 Å². The molecule has 0 spiro atoms. The third kappa shape index (κ3) is 3.44. The summed E-state index contributed by atoms with van der Waals surface area (Å²) in [4.78, 5) is 27.4. The maximum absolute atomic E-state index is 12.6. The van der Waals surface area contributed by atoms with E-state index in [0.717, 1.165) is 28.6 Å². The van der Waals surface area contributed by atoms with Crippen LogP contribution in [0.1, 0.15) is 34.0 Å². The number of nitrogens with two attached hydrogens (primary N) is 1. The quantitative estimate of drug-likeness (QED) is 0.561. The molecule has 138 valence electrons. The number of rotatable bonds is 5. The zero-order chi connectivity index (χ0) is 19.0. The Balaban J connectivity index is 1.46. The van der Waals surface area contributed by atoms with Crippen LogP contribution in [0.5, 0.6) is 0 Å². The van der Waals surface area contributed by atoms with Gasteiger partial charge in [-0.15, -0.1) is 0 Å². The van der Waals surface area contributed by atoms with Gasteiger partial charge in [0.05, 0.1) is 0 Å². The molecule has 2 atom stereocenters. The molecule has 5 N–H and O–H groups in total. The third-order valence-corrected chi connectivity index (χ3v) is 5.10. The van der Waals surface area contributed by atoms with Crippen molar-refractivity contribution in [3.63, 3.8) is 0 Å². The molecule has 0 radical (unpaired) electrons. The SMILES string of the molecule is CNC(=O)c1cc2cc(NC(=O)[C@@H]3C[C@H]3c3cccc(CN)c3)ccc2[nH]1. The van der Waals surface area contributed by atoms with Gasteiger partial charge in [-0.25, -0.2) is 0 Å². The fourth-order valence-corrected chi connectivity index (χ4v) is 3.51. The Morgan fingerprint density at radius 1 is 1.19 bits per heavy atom. The van der Waals surface area contributed by atoms with Crippen molar-refractivity contribution in [2.45, 2.75) is 18.9 Å². The summed E-state index contributed by atoms with van der Waals surface area (Å²) in [6, 6.07) is 15.5. The fourth-order valence-electron chi connectivity index (χ4n) is 3.51. The largest absolute Gasteiger partial charge is 0.354 e. The van der Waals surface area contributed by atoms with Crippen LogP contribution in [0.4, 0.5) is 5.69 Å². The van der Waals surface area contributed by atoms with Crippen LogP contribution in [0.25, 0.3) is 10.9 Å². The van der Waals surface area contributed by atoms with Crippen LogP contribution in [0.15, 0.2) is 48.5 Å². The molecule has 3 aromatic rings. The van der Waals surface area contributed by atoms with Crippen molar-refractivity contribution in [3.8, 4) is 0 Å². The van der Waals surface area contributed by atoms with Crippen LogP contribution in [0.2, 0.25) is 0 Å². The highest BCUT2D eigenvalue weighted by Gasteiger charge is 2.43. The molecule has 1 saturated carbocycles. The lowest BCUT2D eigenvalue weighted by Crippen LogP contribution is -2.17. The van der Waals surface area contributed by atoms with Gasteiger partial charge in [0, 0.05) is 36.1 Å². The lowest BCUT2D eigenvalue weighted by molar-refractivity contribution is -0.117. The summed E-state index contributed by atoms with van der Waals surface area (Å²) in [6.07, 6.45) is 0.854. The van der Waals surface area contributed by atoms with E-state index in [1.165, 1.54) is 5.56 Å². The average Bonchev–Trinajstić information content (AvgIpc) is 3.39. The first-order valence-electron chi connectivity index (χ1n) is 9.03. The minimum Gasteiger partial charge on any atom is -0.354 e. The minimum atomic E-state index is -0.169. The van der Waals surface area contributed by atoms with Gasteiger partial charge in [0.1, 0.15) is 5.69 Å². The second-order valence-corrected chi connectivity index (χ2v) is 6.95. The molecule has 2 amide bonds. The molecule has 0 saturated heterocycles. The fraction of sp³-hybridized carbons (Fsp3) is 0.238. The zero-order valence-electron chi connectivity index (χ0n) is 15.1. The number of H-pyrrole nitrogens is 1. The van der Waals surface area contributed by atoms with Crippen molar-refractivity contribution >= 4 is 28.4 Å². The summed E-state index contributed by atoms with van der Waals surface area (Å²) in [5.74, 6) is 0.102. The lowest BCUT2D eigenvalue weighted by Gasteiger charge is -2.06. The van der Waals surface area contributed by atoms with Crippen LogP contribution < -0.4 is 16.4 Å². The van der Waals surface area contributed by atoms with E-state index in [2.05, 4.69) is 27.8 Å². The highest BCUT2D eigenvalue weighted by Crippen LogP contribution is 2.48. The maximum atomic E-state index is 12.6. The van der Waals surface area contributed by atoms with Crippen LogP contribution >= 0.6 is 0 Å². The summed E-state index contributed by atoms with van der Waals surface area (Å²) >= 11 is 0. The molecule has 0 unspecified atom stereocenters. The number of carbonyl (C=O) groups is 2. The molecular formula is C21H22N4O2. The predicted octanol–water partition coefficient (Wildman–Crippen LogP) is 2.73. The highest BCUT2D eigenvalue weighted by atomic mass is 16.2. The summed E-state index contributed by atoms with van der Waals surface area (Å²) < 4.78 is 0. The van der Waals surface area contributed by atoms with Crippen molar-refractivity contribution in [2.24, 2.45) is 11.7 Å². The van der Waals surface area contributed by atoms with Crippen molar-refractivity contribution in [1.29, 1.82) is 0 Å². The molecule has 0 aliphatic heterocycles. The van der Waals surface area contributed by atoms with E-state index in [-0.39, 0.29) is 23.7 Å². The van der Waals surface area contributed by atoms with E-state index < -0.39 is 0 Å². The van der Waals surface area contributed by atoms with Crippen molar-refractivity contribution in [1.82, 2.24) is 10.3 Å². The van der Waals surface area contributed by atoms with Gasteiger partial charge in [-0.05, 0) is 47.7 Å². The van der Waals surface area contributed by atoms with Crippen molar-refractivity contribution in [3.05, 3.63) is 65.4 Å². The van der Waals surface area contributed by atoms with Gasteiger partial charge >= 0.3 is 0 Å². The predicted molar refractivity (Wildman–Crippen MR) is 106 cm³/mol. The molecule has 2 aromatic carbocycles. The Bertz CT molecular complexity index is 1020. The molecule has 27 heavy (non-hydrogen) atoms. The Hall–Kier alpha value is -3.12. The summed E-state index contributed by atoms with van der Waals surface area (Å²) in [6.45, 7) is 0.506. The van der Waals surface area contributed by atoms with Crippen molar-refractivity contribution < 1.29 is 9.59 Å². The lowest BCUT2D eigenvalue weighted by atomic mass is 10.1. The number of amides is 2. The summed E-state index contributed by atoms with van der Waals surface area (Å²) in [7, 11) is 1.59. The average molecular weight is 362 g/mol. The first-order chi connectivity index (χ1) is 13.1. The number of fused-ring (bicyclic) bond motifs is 1. The monoisotopic (exact) mass is 362 g/mol. The van der Waals surface area contributed by atoms with E-state index in [1.807, 2.05) is 30.3 Å². The molecule has 1 aliphatic rings. The number of aromatic amines is 1. The standard InChI is InChI=1S/C21H22N4O2/c1-23-21(27)19-9-14-8-15(5-6-18(14)25-19)24-20(26)17-10-16(17)13-4-2-3-12(7-13)11-22/h2-9,16-17,25H,10-11,22H2,1H3,(H,23,27)(H,24,26)/t16-,17+/m0/s1. The number of nitrogens with one attached hydrogen (secondary N) is 3. The Morgan fingerprint density at radius 2 is 2.04 bits per heavy atom. The second-order valence-electron chi connectivity index (χ2n) is 6.95. The van der Waals surface area contributed by atoms with E-state index in [1.54, 1.807) is 13.1 Å². The molecular weight excluding hydrogens is 340 g/mol. The van der Waals surface area contributed by atoms with Gasteiger partial charge in [-0.3, -0.25) is 9.59 Å². The number of carbonyl (C=O) groups excluding carboxylic acids is 2. The molecule has 4 rings (SSSR count). The first-order valence-corrected chi connectivity index (χ1v) is 9.03. The highest BCUT2D eigenvalue weighted by molar-refractivity contribution is 6.00. The summed E-state index contributed by atoms with van der Waals surface area (Å²) in [5.41, 5.74) is 10.1. The van der Waals surface area contributed by atoms with Gasteiger partial charge in [-0.2, -0.15) is 0 Å². The molecule has 0 bridgehead atoms. The minimum absolute atomic E-state index is 0.0126.